The van der Waals surface area contributed by atoms with Crippen LogP contribution in [0.2, 0.25) is 0 Å². The number of nitro benzene ring substituents is 1. The molecule has 0 saturated heterocycles. The van der Waals surface area contributed by atoms with Crippen LogP contribution >= 0.6 is 0 Å². The number of ether oxygens (including phenoxy) is 1. The van der Waals surface area contributed by atoms with Gasteiger partial charge in [-0.25, -0.2) is 4.79 Å². The molecule has 0 amide bonds. The van der Waals surface area contributed by atoms with Crippen molar-refractivity contribution in [1.29, 1.82) is 0 Å². The molecule has 0 heterocycles. The molecule has 1 rings (SSSR count). The number of likely N-dealkylation sites (N-methyl/N-ethyl adjacent to an activating group) is 1. The number of hydrogen-bond donors (Lipinski definition) is 0. The van der Waals surface area contributed by atoms with Crippen LogP contribution in [-0.2, 0) is 9.53 Å². The summed E-state index contributed by atoms with van der Waals surface area (Å²) in [5.41, 5.74) is 1.22. The van der Waals surface area contributed by atoms with Crippen LogP contribution in [0.15, 0.2) is 36.4 Å². The maximum Gasteiger partial charge on any atom is 0.333 e. The third-order valence-corrected chi connectivity index (χ3v) is 2.51. The van der Waals surface area contributed by atoms with Gasteiger partial charge in [0.2, 0.25) is 0 Å². The lowest BCUT2D eigenvalue weighted by Crippen LogP contribution is -2.24. The van der Waals surface area contributed by atoms with E-state index in [0.717, 1.165) is 5.69 Å². The van der Waals surface area contributed by atoms with Gasteiger partial charge in [-0.3, -0.25) is 10.1 Å². The van der Waals surface area contributed by atoms with Gasteiger partial charge < -0.3 is 9.64 Å². The van der Waals surface area contributed by atoms with E-state index >= 15 is 0 Å². The molecule has 6 heteroatoms. The summed E-state index contributed by atoms with van der Waals surface area (Å²) in [4.78, 5) is 23.1. The molecule has 0 bridgehead atoms. The topological polar surface area (TPSA) is 72.7 Å². The van der Waals surface area contributed by atoms with E-state index in [4.69, 9.17) is 4.74 Å². The van der Waals surface area contributed by atoms with E-state index in [1.165, 1.54) is 12.1 Å². The summed E-state index contributed by atoms with van der Waals surface area (Å²) in [6.07, 6.45) is 0. The monoisotopic (exact) mass is 264 g/mol. The van der Waals surface area contributed by atoms with Gasteiger partial charge in [0, 0.05) is 30.4 Å². The van der Waals surface area contributed by atoms with Crippen LogP contribution in [0, 0.1) is 10.1 Å². The molecule has 0 spiro atoms. The van der Waals surface area contributed by atoms with Gasteiger partial charge in [-0.2, -0.15) is 0 Å². The number of carbonyl (C=O) groups is 1. The average Bonchev–Trinajstić information content (AvgIpc) is 2.38. The van der Waals surface area contributed by atoms with Crippen molar-refractivity contribution in [3.63, 3.8) is 0 Å². The van der Waals surface area contributed by atoms with Crippen molar-refractivity contribution in [2.45, 2.75) is 6.92 Å². The predicted molar refractivity (Wildman–Crippen MR) is 72.1 cm³/mol. The minimum absolute atomic E-state index is 0.0471. The Bertz CT molecular complexity index is 482. The first-order valence-corrected chi connectivity index (χ1v) is 5.70. The van der Waals surface area contributed by atoms with E-state index in [1.54, 1.807) is 19.1 Å². The second-order valence-electron chi connectivity index (χ2n) is 4.11. The van der Waals surface area contributed by atoms with Gasteiger partial charge >= 0.3 is 5.97 Å². The highest BCUT2D eigenvalue weighted by Crippen LogP contribution is 2.17. The van der Waals surface area contributed by atoms with E-state index in [9.17, 15) is 14.9 Å². The Kier molecular flexibility index (Phi) is 5.05. The fourth-order valence-electron chi connectivity index (χ4n) is 1.36. The number of benzene rings is 1. The first-order valence-electron chi connectivity index (χ1n) is 5.70. The molecule has 0 aliphatic carbocycles. The molecular formula is C13H16N2O4. The van der Waals surface area contributed by atoms with Gasteiger partial charge in [-0.05, 0) is 19.1 Å². The van der Waals surface area contributed by atoms with Gasteiger partial charge in [0.15, 0.2) is 0 Å². The standard InChI is InChI=1S/C13H16N2O4/c1-10(2)13(16)19-9-8-14(3)11-4-6-12(7-5-11)15(17)18/h4-7H,1,8-9H2,2-3H3. The summed E-state index contributed by atoms with van der Waals surface area (Å²) >= 11 is 0. The van der Waals surface area contributed by atoms with Crippen molar-refractivity contribution in [3.8, 4) is 0 Å². The number of hydrogen-bond acceptors (Lipinski definition) is 5. The number of esters is 1. The zero-order valence-electron chi connectivity index (χ0n) is 11.0. The van der Waals surface area contributed by atoms with Gasteiger partial charge in [0.25, 0.3) is 5.69 Å². The van der Waals surface area contributed by atoms with Crippen LogP contribution in [0.4, 0.5) is 11.4 Å². The van der Waals surface area contributed by atoms with Crippen LogP contribution < -0.4 is 4.90 Å². The van der Waals surface area contributed by atoms with Crippen LogP contribution in [0.1, 0.15) is 6.92 Å². The van der Waals surface area contributed by atoms with Crippen molar-refractivity contribution in [1.82, 2.24) is 0 Å². The number of rotatable bonds is 6. The highest BCUT2D eigenvalue weighted by atomic mass is 16.6. The van der Waals surface area contributed by atoms with E-state index in [1.807, 2.05) is 11.9 Å². The van der Waals surface area contributed by atoms with Gasteiger partial charge in [0.1, 0.15) is 6.61 Å². The fraction of sp³-hybridized carbons (Fsp3) is 0.308. The maximum atomic E-state index is 11.2. The number of anilines is 1. The average molecular weight is 264 g/mol. The van der Waals surface area contributed by atoms with Crippen LogP contribution in [0.25, 0.3) is 0 Å². The molecule has 0 radical (unpaired) electrons. The van der Waals surface area contributed by atoms with Crippen molar-refractivity contribution in [2.24, 2.45) is 0 Å². The van der Waals surface area contributed by atoms with E-state index in [0.29, 0.717) is 12.1 Å². The molecule has 0 aromatic heterocycles. The highest BCUT2D eigenvalue weighted by molar-refractivity contribution is 5.86. The molecule has 0 fully saturated rings. The Morgan fingerprint density at radius 3 is 2.47 bits per heavy atom. The minimum atomic E-state index is -0.446. The molecule has 0 atom stereocenters. The number of carbonyl (C=O) groups excluding carboxylic acids is 1. The molecule has 1 aromatic carbocycles. The van der Waals surface area contributed by atoms with Crippen molar-refractivity contribution < 1.29 is 14.5 Å². The molecule has 6 nitrogen and oxygen atoms in total. The third-order valence-electron chi connectivity index (χ3n) is 2.51. The Hall–Kier alpha value is -2.37. The van der Waals surface area contributed by atoms with Crippen molar-refractivity contribution in [2.75, 3.05) is 25.1 Å². The van der Waals surface area contributed by atoms with Gasteiger partial charge in [-0.1, -0.05) is 6.58 Å². The minimum Gasteiger partial charge on any atom is -0.460 e. The Morgan fingerprint density at radius 1 is 1.42 bits per heavy atom. The molecule has 19 heavy (non-hydrogen) atoms. The molecule has 0 aliphatic heterocycles. The number of nitro groups is 1. The molecule has 0 aliphatic rings. The van der Waals surface area contributed by atoms with Crippen LogP contribution in [0.5, 0.6) is 0 Å². The number of non-ortho nitro benzene ring substituents is 1. The normalized spacial score (nSPS) is 9.79. The zero-order chi connectivity index (χ0) is 14.4. The first-order chi connectivity index (χ1) is 8.91. The first kappa shape index (κ1) is 14.7. The van der Waals surface area contributed by atoms with Gasteiger partial charge in [0.05, 0.1) is 11.5 Å². The summed E-state index contributed by atoms with van der Waals surface area (Å²) in [6, 6.07) is 6.18. The predicted octanol–water partition coefficient (Wildman–Crippen LogP) is 2.15. The lowest BCUT2D eigenvalue weighted by atomic mass is 10.2. The Morgan fingerprint density at radius 2 is 2.00 bits per heavy atom. The summed E-state index contributed by atoms with van der Waals surface area (Å²) in [6.45, 7) is 5.80. The Labute approximate surface area is 111 Å². The summed E-state index contributed by atoms with van der Waals surface area (Å²) in [7, 11) is 1.82. The second-order valence-corrected chi connectivity index (χ2v) is 4.11. The third kappa shape index (κ3) is 4.42. The van der Waals surface area contributed by atoms with E-state index < -0.39 is 10.9 Å². The summed E-state index contributed by atoms with van der Waals surface area (Å²) < 4.78 is 4.97. The number of nitrogens with zero attached hydrogens (tertiary/aromatic N) is 2. The molecule has 0 saturated carbocycles. The lowest BCUT2D eigenvalue weighted by Gasteiger charge is -2.18. The van der Waals surface area contributed by atoms with E-state index in [2.05, 4.69) is 6.58 Å². The van der Waals surface area contributed by atoms with Crippen molar-refractivity contribution >= 4 is 17.3 Å². The summed E-state index contributed by atoms with van der Waals surface area (Å²) in [5.74, 6) is -0.419. The molecular weight excluding hydrogens is 248 g/mol. The van der Waals surface area contributed by atoms with Gasteiger partial charge in [-0.15, -0.1) is 0 Å². The Balaban J connectivity index is 2.49. The SMILES string of the molecule is C=C(C)C(=O)OCCN(C)c1ccc([N+](=O)[O-])cc1. The zero-order valence-corrected chi connectivity index (χ0v) is 11.0. The largest absolute Gasteiger partial charge is 0.460 e. The van der Waals surface area contributed by atoms with E-state index in [-0.39, 0.29) is 12.3 Å². The fourth-order valence-corrected chi connectivity index (χ4v) is 1.36. The molecule has 0 N–H and O–H groups in total. The highest BCUT2D eigenvalue weighted by Gasteiger charge is 2.08. The smallest absolute Gasteiger partial charge is 0.333 e. The second kappa shape index (κ2) is 6.53. The van der Waals surface area contributed by atoms with Crippen molar-refractivity contribution in [3.05, 3.63) is 46.5 Å². The molecule has 0 unspecified atom stereocenters. The quantitative estimate of drug-likeness (QED) is 0.340. The summed E-state index contributed by atoms with van der Waals surface area (Å²) in [5, 5.41) is 10.5. The van der Waals surface area contributed by atoms with Crippen LogP contribution in [-0.4, -0.2) is 31.1 Å². The molecule has 102 valence electrons. The maximum absolute atomic E-state index is 11.2. The lowest BCUT2D eigenvalue weighted by molar-refractivity contribution is -0.384. The van der Waals surface area contributed by atoms with Crippen LogP contribution in [0.3, 0.4) is 0 Å². The molecule has 1 aromatic rings.